The zero-order valence-corrected chi connectivity index (χ0v) is 27.6. The zero-order chi connectivity index (χ0) is 32.2. The Morgan fingerprint density at radius 1 is 0.911 bits per heavy atom. The summed E-state index contributed by atoms with van der Waals surface area (Å²) >= 11 is 0. The van der Waals surface area contributed by atoms with Gasteiger partial charge in [-0.2, -0.15) is 0 Å². The number of carbonyl (C=O) groups is 3. The Kier molecular flexibility index (Phi) is 9.92. The molecule has 252 valence electrons. The molecule has 2 aliphatic heterocycles. The van der Waals surface area contributed by atoms with Crippen LogP contribution >= 0.6 is 0 Å². The van der Waals surface area contributed by atoms with Crippen molar-refractivity contribution in [1.29, 1.82) is 0 Å². The molecule has 6 aliphatic rings. The molecular formula is C35H52O10. The smallest absolute Gasteiger partial charge is 0.306 e. The van der Waals surface area contributed by atoms with Gasteiger partial charge in [0.15, 0.2) is 12.1 Å². The molecule has 10 heteroatoms. The molecule has 0 aromatic heterocycles. The third-order valence-corrected chi connectivity index (χ3v) is 12.3. The molecule has 0 aromatic carbocycles. The highest BCUT2D eigenvalue weighted by atomic mass is 16.7. The molecule has 0 radical (unpaired) electrons. The summed E-state index contributed by atoms with van der Waals surface area (Å²) in [6.45, 7) is 5.74. The molecule has 6 rings (SSSR count). The first-order valence-corrected chi connectivity index (χ1v) is 17.2. The number of ketones is 2. The van der Waals surface area contributed by atoms with Crippen LogP contribution in [0.3, 0.4) is 0 Å². The molecule has 1 N–H and O–H groups in total. The lowest BCUT2D eigenvalue weighted by Gasteiger charge is -2.54. The second-order valence-corrected chi connectivity index (χ2v) is 14.5. The maximum absolute atomic E-state index is 14.0. The van der Waals surface area contributed by atoms with Gasteiger partial charge in [-0.15, -0.1) is 0 Å². The molecular weight excluding hydrogens is 580 g/mol. The summed E-state index contributed by atoms with van der Waals surface area (Å²) in [7, 11) is 4.90. The standard InChI is InChI=1S/C35H52O10/c1-7-18-9-8-10-26(36)16(2)31(39)25-13-22-20-11-19(45-35-34(42-6)33(41-5)32(40-4)17(3)43-35)12-21(20)23-14-27(37)30(23)29(22)24(25)15-28(38)44-18/h13,16-24,26,29-30,32-36H,7-12,14-15H2,1-6H3/t16-,17?,18+,19+,20-,21-,22+,23+,24-,26+,29-,30-,32+,33?,34+,35+/m1/s1. The van der Waals surface area contributed by atoms with E-state index in [1.165, 1.54) is 0 Å². The predicted molar refractivity (Wildman–Crippen MR) is 162 cm³/mol. The van der Waals surface area contributed by atoms with Crippen LogP contribution in [0.1, 0.15) is 72.1 Å². The van der Waals surface area contributed by atoms with Crippen LogP contribution in [0.15, 0.2) is 11.6 Å². The number of methoxy groups -OCH3 is 3. The van der Waals surface area contributed by atoms with Gasteiger partial charge in [-0.3, -0.25) is 14.4 Å². The van der Waals surface area contributed by atoms with Crippen LogP contribution in [0.25, 0.3) is 0 Å². The van der Waals surface area contributed by atoms with Crippen molar-refractivity contribution in [1.82, 2.24) is 0 Å². The van der Waals surface area contributed by atoms with Crippen LogP contribution < -0.4 is 0 Å². The normalized spacial score (nSPS) is 48.5. The van der Waals surface area contributed by atoms with E-state index >= 15 is 0 Å². The summed E-state index contributed by atoms with van der Waals surface area (Å²) in [5.41, 5.74) is 0.614. The quantitative estimate of drug-likeness (QED) is 0.434. The number of rotatable bonds is 6. The van der Waals surface area contributed by atoms with E-state index in [-0.39, 0.29) is 95.9 Å². The number of fused-ring (bicyclic) bond motifs is 8. The summed E-state index contributed by atoms with van der Waals surface area (Å²) in [4.78, 5) is 40.7. The lowest BCUT2D eigenvalue weighted by molar-refractivity contribution is -0.314. The molecule has 0 spiro atoms. The monoisotopic (exact) mass is 632 g/mol. The Morgan fingerprint density at radius 3 is 2.29 bits per heavy atom. The second-order valence-electron chi connectivity index (χ2n) is 14.5. The Bertz CT molecular complexity index is 1150. The minimum Gasteiger partial charge on any atom is -0.462 e. The maximum atomic E-state index is 14.0. The first kappa shape index (κ1) is 33.2. The van der Waals surface area contributed by atoms with Gasteiger partial charge in [0.25, 0.3) is 0 Å². The second kappa shape index (κ2) is 13.4. The van der Waals surface area contributed by atoms with Crippen LogP contribution in [0.4, 0.5) is 0 Å². The molecule has 4 aliphatic carbocycles. The number of carbonyl (C=O) groups excluding carboxylic acids is 3. The summed E-state index contributed by atoms with van der Waals surface area (Å²) in [5, 5.41) is 11.0. The first-order valence-electron chi connectivity index (χ1n) is 17.2. The van der Waals surface area contributed by atoms with E-state index in [9.17, 15) is 19.5 Å². The van der Waals surface area contributed by atoms with Crippen LogP contribution in [0.2, 0.25) is 0 Å². The lowest BCUT2D eigenvalue weighted by Crippen LogP contribution is -2.59. The number of Topliss-reactive ketones (excluding diaryl/α,β-unsaturated/α-hetero) is 2. The number of allylic oxidation sites excluding steroid dienone is 2. The Morgan fingerprint density at radius 2 is 1.62 bits per heavy atom. The number of aliphatic hydroxyl groups excluding tert-OH is 1. The summed E-state index contributed by atoms with van der Waals surface area (Å²) in [6, 6.07) is 0. The van der Waals surface area contributed by atoms with Crippen LogP contribution in [0, 0.1) is 47.3 Å². The van der Waals surface area contributed by atoms with Crippen LogP contribution in [-0.4, -0.2) is 93.0 Å². The van der Waals surface area contributed by atoms with Gasteiger partial charge in [-0.05, 0) is 80.6 Å². The molecule has 45 heavy (non-hydrogen) atoms. The Labute approximate surface area is 266 Å². The molecule has 2 unspecified atom stereocenters. The molecule has 0 amide bonds. The topological polar surface area (TPSA) is 127 Å². The van der Waals surface area contributed by atoms with Crippen molar-refractivity contribution in [3.8, 4) is 0 Å². The summed E-state index contributed by atoms with van der Waals surface area (Å²) in [5.74, 6) is -0.732. The molecule has 2 saturated heterocycles. The van der Waals surface area contributed by atoms with Crippen molar-refractivity contribution in [2.45, 2.75) is 121 Å². The Hall–Kier alpha value is -1.69. The minimum absolute atomic E-state index is 0.0173. The fourth-order valence-electron chi connectivity index (χ4n) is 10.0. The number of ether oxygens (including phenoxy) is 6. The van der Waals surface area contributed by atoms with Gasteiger partial charge < -0.3 is 33.5 Å². The maximum Gasteiger partial charge on any atom is 0.306 e. The van der Waals surface area contributed by atoms with Gasteiger partial charge in [-0.25, -0.2) is 0 Å². The molecule has 3 saturated carbocycles. The fourth-order valence-corrected chi connectivity index (χ4v) is 10.0. The van der Waals surface area contributed by atoms with Gasteiger partial charge >= 0.3 is 5.97 Å². The molecule has 5 fully saturated rings. The van der Waals surface area contributed by atoms with Gasteiger partial charge in [0, 0.05) is 45.5 Å². The average Bonchev–Trinajstić information content (AvgIpc) is 3.58. The highest BCUT2D eigenvalue weighted by molar-refractivity contribution is 5.99. The van der Waals surface area contributed by atoms with Gasteiger partial charge in [0.2, 0.25) is 0 Å². The summed E-state index contributed by atoms with van der Waals surface area (Å²) in [6.07, 6.45) is 3.71. The molecule has 0 bridgehead atoms. The molecule has 0 aromatic rings. The third kappa shape index (κ3) is 5.86. The SMILES string of the molecule is CC[C@H]1CCC[C@H](O)[C@@H](C)C(=O)C2=C[C@H]3[C@@H]4C[C@H](O[C@@H]5OC(C)[C@H](OC)C(OC)[C@@H]5OC)C[C@H]4[C@@H]4CC(=O)[C@@H]4[C@H]3[C@@H]2CC(=O)O1. The van der Waals surface area contributed by atoms with E-state index in [2.05, 4.69) is 6.08 Å². The van der Waals surface area contributed by atoms with E-state index in [0.29, 0.717) is 37.7 Å². The van der Waals surface area contributed by atoms with Gasteiger partial charge in [0.1, 0.15) is 30.2 Å². The minimum atomic E-state index is -0.760. The molecule has 16 atom stereocenters. The van der Waals surface area contributed by atoms with Crippen molar-refractivity contribution < 1.29 is 47.9 Å². The van der Waals surface area contributed by atoms with E-state index in [1.807, 2.05) is 13.8 Å². The largest absolute Gasteiger partial charge is 0.462 e. The van der Waals surface area contributed by atoms with Crippen molar-refractivity contribution in [2.24, 2.45) is 47.3 Å². The van der Waals surface area contributed by atoms with Gasteiger partial charge in [-0.1, -0.05) is 19.9 Å². The van der Waals surface area contributed by atoms with E-state index < -0.39 is 24.4 Å². The van der Waals surface area contributed by atoms with Crippen molar-refractivity contribution in [2.75, 3.05) is 21.3 Å². The van der Waals surface area contributed by atoms with Crippen molar-refractivity contribution in [3.05, 3.63) is 11.6 Å². The zero-order valence-electron chi connectivity index (χ0n) is 27.6. The predicted octanol–water partition coefficient (Wildman–Crippen LogP) is 3.66. The van der Waals surface area contributed by atoms with E-state index in [4.69, 9.17) is 28.4 Å². The first-order chi connectivity index (χ1) is 21.6. The fraction of sp³-hybridized carbons (Fsp3) is 0.857. The number of aliphatic hydroxyl groups is 1. The van der Waals surface area contributed by atoms with Crippen LogP contribution in [0.5, 0.6) is 0 Å². The third-order valence-electron chi connectivity index (χ3n) is 12.3. The highest BCUT2D eigenvalue weighted by Crippen LogP contribution is 2.64. The number of esters is 1. The van der Waals surface area contributed by atoms with Crippen molar-refractivity contribution >= 4 is 17.5 Å². The lowest BCUT2D eigenvalue weighted by atomic mass is 9.49. The molecule has 2 heterocycles. The van der Waals surface area contributed by atoms with Crippen LogP contribution in [-0.2, 0) is 42.8 Å². The van der Waals surface area contributed by atoms with Crippen molar-refractivity contribution in [3.63, 3.8) is 0 Å². The number of cyclic esters (lactones) is 1. The molecule has 10 nitrogen and oxygen atoms in total. The summed E-state index contributed by atoms with van der Waals surface area (Å²) < 4.78 is 36.1. The van der Waals surface area contributed by atoms with E-state index in [1.54, 1.807) is 28.3 Å². The van der Waals surface area contributed by atoms with Gasteiger partial charge in [0.05, 0.1) is 24.7 Å². The highest BCUT2D eigenvalue weighted by Gasteiger charge is 2.64. The Balaban J connectivity index is 1.27. The number of hydrogen-bond donors (Lipinski definition) is 1. The number of hydrogen-bond acceptors (Lipinski definition) is 10. The van der Waals surface area contributed by atoms with E-state index in [0.717, 1.165) is 12.8 Å². The average molecular weight is 633 g/mol.